The number of allylic oxidation sites excluding steroid dienone is 1. The van der Waals surface area contributed by atoms with E-state index in [-0.39, 0.29) is 17.5 Å². The van der Waals surface area contributed by atoms with E-state index in [9.17, 15) is 4.79 Å². The molecular weight excluding hydrogens is 188 g/mol. The second kappa shape index (κ2) is 3.99. The van der Waals surface area contributed by atoms with Crippen molar-refractivity contribution in [2.75, 3.05) is 0 Å². The van der Waals surface area contributed by atoms with Gasteiger partial charge in [-0.1, -0.05) is 26.3 Å². The zero-order valence-corrected chi connectivity index (χ0v) is 10.7. The highest BCUT2D eigenvalue weighted by atomic mass is 16.5. The lowest BCUT2D eigenvalue weighted by atomic mass is 9.77. The molecule has 1 rings (SSSR count). The fourth-order valence-corrected chi connectivity index (χ4v) is 2.44. The molecule has 0 saturated carbocycles. The number of carbonyl (C=O) groups excluding carboxylic acids is 1. The molecule has 0 amide bonds. The van der Waals surface area contributed by atoms with Crippen LogP contribution >= 0.6 is 0 Å². The van der Waals surface area contributed by atoms with Gasteiger partial charge in [-0.15, -0.1) is 0 Å². The van der Waals surface area contributed by atoms with Crippen LogP contribution in [0.4, 0.5) is 0 Å². The Morgan fingerprint density at radius 3 is 2.13 bits per heavy atom. The molecule has 1 aliphatic rings. The molecular formula is C13H22O2. The third-order valence-corrected chi connectivity index (χ3v) is 3.43. The zero-order valence-electron chi connectivity index (χ0n) is 10.7. The summed E-state index contributed by atoms with van der Waals surface area (Å²) in [6.07, 6.45) is 0.951. The molecule has 0 heterocycles. The number of esters is 1. The Bertz CT molecular complexity index is 294. The van der Waals surface area contributed by atoms with E-state index in [0.29, 0.717) is 5.92 Å². The standard InChI is InChI=1S/C13H22O2/c1-8-9(2)12(15-10(3)14)7-11(8)13(4,5)6/h11-12H,7H2,1-6H3/t11-,12-/m0/s1. The van der Waals surface area contributed by atoms with E-state index < -0.39 is 0 Å². The molecule has 0 spiro atoms. The Kier molecular flexibility index (Phi) is 3.27. The first-order chi connectivity index (χ1) is 6.73. The number of carbonyl (C=O) groups is 1. The van der Waals surface area contributed by atoms with E-state index in [1.54, 1.807) is 0 Å². The Morgan fingerprint density at radius 2 is 1.80 bits per heavy atom. The summed E-state index contributed by atoms with van der Waals surface area (Å²) in [5.41, 5.74) is 2.89. The average Bonchev–Trinajstić information content (AvgIpc) is 2.30. The Balaban J connectivity index is 2.83. The van der Waals surface area contributed by atoms with Gasteiger partial charge in [0.15, 0.2) is 0 Å². The quantitative estimate of drug-likeness (QED) is 0.490. The van der Waals surface area contributed by atoms with Crippen molar-refractivity contribution in [3.63, 3.8) is 0 Å². The van der Waals surface area contributed by atoms with Gasteiger partial charge < -0.3 is 4.74 Å². The Morgan fingerprint density at radius 1 is 1.27 bits per heavy atom. The van der Waals surface area contributed by atoms with Crippen LogP contribution in [0.2, 0.25) is 0 Å². The minimum absolute atomic E-state index is 0.00623. The van der Waals surface area contributed by atoms with E-state index in [4.69, 9.17) is 4.74 Å². The summed E-state index contributed by atoms with van der Waals surface area (Å²) in [7, 11) is 0. The minimum atomic E-state index is -0.179. The fraction of sp³-hybridized carbons (Fsp3) is 0.769. The molecule has 0 N–H and O–H groups in total. The van der Waals surface area contributed by atoms with Gasteiger partial charge in [0.2, 0.25) is 0 Å². The van der Waals surface area contributed by atoms with Gasteiger partial charge in [0.1, 0.15) is 6.10 Å². The van der Waals surface area contributed by atoms with Gasteiger partial charge in [0, 0.05) is 6.92 Å². The monoisotopic (exact) mass is 210 g/mol. The van der Waals surface area contributed by atoms with Crippen molar-refractivity contribution < 1.29 is 9.53 Å². The van der Waals surface area contributed by atoms with Gasteiger partial charge in [0.25, 0.3) is 0 Å². The van der Waals surface area contributed by atoms with Gasteiger partial charge in [-0.05, 0) is 37.2 Å². The van der Waals surface area contributed by atoms with Gasteiger partial charge in [-0.25, -0.2) is 0 Å². The molecule has 0 aromatic rings. The number of rotatable bonds is 1. The largest absolute Gasteiger partial charge is 0.458 e. The number of ether oxygens (including phenoxy) is 1. The van der Waals surface area contributed by atoms with Crippen molar-refractivity contribution in [3.8, 4) is 0 Å². The van der Waals surface area contributed by atoms with E-state index in [1.165, 1.54) is 18.1 Å². The van der Waals surface area contributed by atoms with Crippen LogP contribution in [0.15, 0.2) is 11.1 Å². The maximum Gasteiger partial charge on any atom is 0.303 e. The normalized spacial score (nSPS) is 27.1. The smallest absolute Gasteiger partial charge is 0.303 e. The van der Waals surface area contributed by atoms with Crippen molar-refractivity contribution in [2.24, 2.45) is 11.3 Å². The van der Waals surface area contributed by atoms with E-state index in [1.807, 2.05) is 0 Å². The third kappa shape index (κ3) is 2.61. The van der Waals surface area contributed by atoms with Gasteiger partial charge in [0.05, 0.1) is 0 Å². The lowest BCUT2D eigenvalue weighted by molar-refractivity contribution is -0.144. The zero-order chi connectivity index (χ0) is 11.8. The summed E-state index contributed by atoms with van der Waals surface area (Å²) >= 11 is 0. The fourth-order valence-electron chi connectivity index (χ4n) is 2.44. The molecule has 0 radical (unpaired) electrons. The lowest BCUT2D eigenvalue weighted by Gasteiger charge is -2.28. The highest BCUT2D eigenvalue weighted by molar-refractivity contribution is 5.66. The molecule has 0 fully saturated rings. The molecule has 0 saturated heterocycles. The predicted octanol–water partition coefficient (Wildman–Crippen LogP) is 3.32. The molecule has 0 aromatic carbocycles. The summed E-state index contributed by atoms with van der Waals surface area (Å²) in [6.45, 7) is 12.4. The molecule has 2 nitrogen and oxygen atoms in total. The van der Waals surface area contributed by atoms with Crippen LogP contribution in [-0.4, -0.2) is 12.1 Å². The van der Waals surface area contributed by atoms with Crippen molar-refractivity contribution in [2.45, 2.75) is 54.1 Å². The molecule has 2 heteroatoms. The molecule has 0 aliphatic heterocycles. The van der Waals surface area contributed by atoms with Crippen molar-refractivity contribution in [1.82, 2.24) is 0 Å². The van der Waals surface area contributed by atoms with Gasteiger partial charge in [-0.2, -0.15) is 0 Å². The summed E-state index contributed by atoms with van der Waals surface area (Å²) in [5, 5.41) is 0. The number of hydrogen-bond donors (Lipinski definition) is 0. The highest BCUT2D eigenvalue weighted by Crippen LogP contribution is 2.43. The summed E-state index contributed by atoms with van der Waals surface area (Å²) in [6, 6.07) is 0. The molecule has 86 valence electrons. The van der Waals surface area contributed by atoms with E-state index >= 15 is 0 Å². The molecule has 1 aliphatic carbocycles. The molecule has 15 heavy (non-hydrogen) atoms. The highest BCUT2D eigenvalue weighted by Gasteiger charge is 2.37. The predicted molar refractivity (Wildman–Crippen MR) is 61.5 cm³/mol. The minimum Gasteiger partial charge on any atom is -0.458 e. The van der Waals surface area contributed by atoms with Crippen molar-refractivity contribution >= 4 is 5.97 Å². The summed E-state index contributed by atoms with van der Waals surface area (Å²) in [4.78, 5) is 11.0. The van der Waals surface area contributed by atoms with Crippen LogP contribution in [0.3, 0.4) is 0 Å². The van der Waals surface area contributed by atoms with Crippen LogP contribution in [-0.2, 0) is 9.53 Å². The first kappa shape index (κ1) is 12.3. The summed E-state index contributed by atoms with van der Waals surface area (Å²) < 4.78 is 5.32. The van der Waals surface area contributed by atoms with E-state index in [2.05, 4.69) is 34.6 Å². The van der Waals surface area contributed by atoms with Crippen LogP contribution in [0.1, 0.15) is 48.0 Å². The molecule has 0 bridgehead atoms. The van der Waals surface area contributed by atoms with Crippen LogP contribution in [0.25, 0.3) is 0 Å². The lowest BCUT2D eigenvalue weighted by Crippen LogP contribution is -2.22. The SMILES string of the molecule is CC(=O)O[C@H]1C[C@H](C(C)(C)C)C(C)=C1C. The number of hydrogen-bond acceptors (Lipinski definition) is 2. The summed E-state index contributed by atoms with van der Waals surface area (Å²) in [5.74, 6) is 0.351. The van der Waals surface area contributed by atoms with E-state index in [0.717, 1.165) is 6.42 Å². The average molecular weight is 210 g/mol. The topological polar surface area (TPSA) is 26.3 Å². The molecule has 0 unspecified atom stereocenters. The van der Waals surface area contributed by atoms with Crippen molar-refractivity contribution in [1.29, 1.82) is 0 Å². The second-order valence-corrected chi connectivity index (χ2v) is 5.62. The second-order valence-electron chi connectivity index (χ2n) is 5.62. The Hall–Kier alpha value is -0.790. The van der Waals surface area contributed by atoms with Crippen LogP contribution in [0.5, 0.6) is 0 Å². The maximum atomic E-state index is 11.0. The first-order valence-electron chi connectivity index (χ1n) is 5.58. The van der Waals surface area contributed by atoms with Crippen molar-refractivity contribution in [3.05, 3.63) is 11.1 Å². The third-order valence-electron chi connectivity index (χ3n) is 3.43. The molecule has 2 atom stereocenters. The van der Waals surface area contributed by atoms with Crippen LogP contribution < -0.4 is 0 Å². The maximum absolute atomic E-state index is 11.0. The Labute approximate surface area is 92.7 Å². The van der Waals surface area contributed by atoms with Gasteiger partial charge >= 0.3 is 5.97 Å². The van der Waals surface area contributed by atoms with Crippen LogP contribution in [0, 0.1) is 11.3 Å². The molecule has 0 aromatic heterocycles. The van der Waals surface area contributed by atoms with Gasteiger partial charge in [-0.3, -0.25) is 4.79 Å². The first-order valence-corrected chi connectivity index (χ1v) is 5.58.